The predicted molar refractivity (Wildman–Crippen MR) is 115 cm³/mol. The van der Waals surface area contributed by atoms with E-state index in [1.807, 2.05) is 0 Å². The minimum Gasteiger partial charge on any atom is -0.467 e. The van der Waals surface area contributed by atoms with Crippen LogP contribution in [0.15, 0.2) is 48.5 Å². The molecule has 2 fully saturated rings. The molecule has 0 N–H and O–H groups in total. The Morgan fingerprint density at radius 1 is 1.00 bits per heavy atom. The van der Waals surface area contributed by atoms with Crippen LogP contribution in [0.1, 0.15) is 54.4 Å². The number of methoxy groups -OCH3 is 1. The number of nitrogens with zero attached hydrogens (tertiary/aromatic N) is 1. The van der Waals surface area contributed by atoms with Gasteiger partial charge in [0.1, 0.15) is 0 Å². The number of fused-ring (bicyclic) bond motifs is 3. The highest BCUT2D eigenvalue weighted by Gasteiger charge is 2.48. The van der Waals surface area contributed by atoms with E-state index < -0.39 is 11.6 Å². The van der Waals surface area contributed by atoms with Crippen molar-refractivity contribution in [2.45, 2.75) is 62.1 Å². The molecule has 0 amide bonds. The molecule has 1 saturated carbocycles. The molecule has 3 nitrogen and oxygen atoms in total. The SMILES string of the molecule is COC(=O)C1(F)CCN(C2CCC3(Cc4ccccc4Cc4ccccc43)C2)CC1. The fourth-order valence-corrected chi connectivity index (χ4v) is 6.20. The second kappa shape index (κ2) is 7.49. The van der Waals surface area contributed by atoms with Crippen LogP contribution in [0.4, 0.5) is 4.39 Å². The number of hydrogen-bond donors (Lipinski definition) is 0. The number of esters is 1. The first kappa shape index (κ1) is 19.7. The minimum absolute atomic E-state index is 0.153. The molecule has 1 saturated heterocycles. The first-order valence-corrected chi connectivity index (χ1v) is 11.2. The lowest BCUT2D eigenvalue weighted by Gasteiger charge is -2.39. The van der Waals surface area contributed by atoms with Crippen molar-refractivity contribution in [2.75, 3.05) is 20.2 Å². The average Bonchev–Trinajstić information content (AvgIpc) is 3.14. The van der Waals surface area contributed by atoms with Crippen LogP contribution >= 0.6 is 0 Å². The van der Waals surface area contributed by atoms with Gasteiger partial charge in [0.05, 0.1) is 7.11 Å². The van der Waals surface area contributed by atoms with Crippen LogP contribution < -0.4 is 0 Å². The van der Waals surface area contributed by atoms with Crippen molar-refractivity contribution in [3.63, 3.8) is 0 Å². The average molecular weight is 408 g/mol. The Kier molecular flexibility index (Phi) is 4.93. The number of piperidine rings is 1. The summed E-state index contributed by atoms with van der Waals surface area (Å²) in [4.78, 5) is 14.3. The molecular weight excluding hydrogens is 377 g/mol. The Bertz CT molecular complexity index is 950. The van der Waals surface area contributed by atoms with Gasteiger partial charge in [-0.3, -0.25) is 0 Å². The van der Waals surface area contributed by atoms with Crippen molar-refractivity contribution in [1.29, 1.82) is 0 Å². The number of benzene rings is 2. The summed E-state index contributed by atoms with van der Waals surface area (Å²) in [6.07, 6.45) is 5.97. The Morgan fingerprint density at radius 3 is 2.40 bits per heavy atom. The highest BCUT2D eigenvalue weighted by atomic mass is 19.1. The quantitative estimate of drug-likeness (QED) is 0.682. The van der Waals surface area contributed by atoms with E-state index in [-0.39, 0.29) is 18.3 Å². The molecule has 5 rings (SSSR count). The number of ether oxygens (including phenoxy) is 1. The summed E-state index contributed by atoms with van der Waals surface area (Å²) in [6, 6.07) is 18.3. The van der Waals surface area contributed by atoms with Crippen LogP contribution in [0.5, 0.6) is 0 Å². The van der Waals surface area contributed by atoms with Crippen LogP contribution in [0.3, 0.4) is 0 Å². The van der Waals surface area contributed by atoms with E-state index in [0.29, 0.717) is 19.1 Å². The third-order valence-electron chi connectivity index (χ3n) is 7.86. The van der Waals surface area contributed by atoms with Gasteiger partial charge in [-0.2, -0.15) is 0 Å². The third kappa shape index (κ3) is 3.26. The molecule has 0 bridgehead atoms. The summed E-state index contributed by atoms with van der Waals surface area (Å²) < 4.78 is 19.6. The lowest BCUT2D eigenvalue weighted by Crippen LogP contribution is -2.50. The summed E-state index contributed by atoms with van der Waals surface area (Å²) in [5.41, 5.74) is 4.23. The first-order chi connectivity index (χ1) is 14.5. The zero-order valence-electron chi connectivity index (χ0n) is 17.7. The summed E-state index contributed by atoms with van der Waals surface area (Å²) >= 11 is 0. The smallest absolute Gasteiger partial charge is 0.343 e. The zero-order valence-corrected chi connectivity index (χ0v) is 17.7. The normalized spacial score (nSPS) is 27.9. The highest BCUT2D eigenvalue weighted by molar-refractivity contribution is 5.79. The number of alkyl halides is 1. The molecule has 1 aliphatic heterocycles. The van der Waals surface area contributed by atoms with Crippen molar-refractivity contribution < 1.29 is 13.9 Å². The minimum atomic E-state index is -1.81. The molecular formula is C26H30FNO2. The molecule has 2 aliphatic carbocycles. The largest absolute Gasteiger partial charge is 0.467 e. The predicted octanol–water partition coefficient (Wildman–Crippen LogP) is 4.60. The fourth-order valence-electron chi connectivity index (χ4n) is 6.20. The van der Waals surface area contributed by atoms with Gasteiger partial charge in [0.15, 0.2) is 0 Å². The van der Waals surface area contributed by atoms with E-state index in [4.69, 9.17) is 4.74 Å². The Labute approximate surface area is 178 Å². The monoisotopic (exact) mass is 407 g/mol. The number of carbonyl (C=O) groups excluding carboxylic acids is 1. The summed E-state index contributed by atoms with van der Waals surface area (Å²) in [6.45, 7) is 1.26. The lowest BCUT2D eigenvalue weighted by molar-refractivity contribution is -0.158. The van der Waals surface area contributed by atoms with Crippen molar-refractivity contribution >= 4 is 5.97 Å². The maximum Gasteiger partial charge on any atom is 0.343 e. The van der Waals surface area contributed by atoms with E-state index in [9.17, 15) is 9.18 Å². The van der Waals surface area contributed by atoms with E-state index in [1.165, 1.54) is 29.4 Å². The second-order valence-corrected chi connectivity index (χ2v) is 9.45. The standard InChI is InChI=1S/C26H30FNO2/c1-30-24(29)26(27)12-14-28(15-13-26)22-10-11-25(18-22)17-21-8-3-2-6-19(21)16-20-7-4-5-9-23(20)25/h2-9,22H,10-18H2,1H3. The molecule has 158 valence electrons. The van der Waals surface area contributed by atoms with Crippen LogP contribution in [0.25, 0.3) is 0 Å². The maximum atomic E-state index is 14.9. The number of likely N-dealkylation sites (tertiary alicyclic amines) is 1. The molecule has 2 unspecified atom stereocenters. The van der Waals surface area contributed by atoms with Crippen LogP contribution in [-0.4, -0.2) is 42.8 Å². The van der Waals surface area contributed by atoms with E-state index in [0.717, 1.165) is 32.1 Å². The number of halogens is 1. The van der Waals surface area contributed by atoms with Gasteiger partial charge in [-0.1, -0.05) is 48.5 Å². The van der Waals surface area contributed by atoms with E-state index in [1.54, 1.807) is 0 Å². The van der Waals surface area contributed by atoms with Crippen molar-refractivity contribution in [3.05, 3.63) is 70.8 Å². The van der Waals surface area contributed by atoms with E-state index >= 15 is 0 Å². The van der Waals surface area contributed by atoms with Crippen LogP contribution in [-0.2, 0) is 27.8 Å². The molecule has 4 heteroatoms. The van der Waals surface area contributed by atoms with Gasteiger partial charge in [-0.05, 0) is 54.4 Å². The Balaban J connectivity index is 1.40. The highest BCUT2D eigenvalue weighted by Crippen LogP contribution is 2.49. The second-order valence-electron chi connectivity index (χ2n) is 9.45. The molecule has 1 spiro atoms. The first-order valence-electron chi connectivity index (χ1n) is 11.2. The Hall–Kier alpha value is -2.20. The lowest BCUT2D eigenvalue weighted by atomic mass is 9.73. The molecule has 1 heterocycles. The van der Waals surface area contributed by atoms with E-state index in [2.05, 4.69) is 53.4 Å². The number of rotatable bonds is 2. The van der Waals surface area contributed by atoms with Gasteiger partial charge in [0.25, 0.3) is 0 Å². The topological polar surface area (TPSA) is 29.5 Å². The van der Waals surface area contributed by atoms with Gasteiger partial charge in [0, 0.05) is 37.4 Å². The zero-order chi connectivity index (χ0) is 20.8. The molecule has 2 atom stereocenters. The molecule has 3 aliphatic rings. The maximum absolute atomic E-state index is 14.9. The van der Waals surface area contributed by atoms with Crippen molar-refractivity contribution in [2.24, 2.45) is 0 Å². The molecule has 2 aromatic carbocycles. The van der Waals surface area contributed by atoms with Gasteiger partial charge in [-0.25, -0.2) is 9.18 Å². The third-order valence-corrected chi connectivity index (χ3v) is 7.86. The van der Waals surface area contributed by atoms with Gasteiger partial charge in [-0.15, -0.1) is 0 Å². The van der Waals surface area contributed by atoms with Crippen LogP contribution in [0.2, 0.25) is 0 Å². The van der Waals surface area contributed by atoms with Crippen LogP contribution in [0, 0.1) is 0 Å². The Morgan fingerprint density at radius 2 is 1.67 bits per heavy atom. The van der Waals surface area contributed by atoms with Gasteiger partial charge < -0.3 is 9.64 Å². The molecule has 30 heavy (non-hydrogen) atoms. The molecule has 0 radical (unpaired) electrons. The summed E-state index contributed by atoms with van der Waals surface area (Å²) in [5, 5.41) is 0. The van der Waals surface area contributed by atoms with Gasteiger partial charge >= 0.3 is 5.97 Å². The molecule has 0 aromatic heterocycles. The molecule has 2 aromatic rings. The van der Waals surface area contributed by atoms with Gasteiger partial charge in [0.2, 0.25) is 5.67 Å². The summed E-state index contributed by atoms with van der Waals surface area (Å²) in [7, 11) is 1.28. The number of hydrogen-bond acceptors (Lipinski definition) is 3. The summed E-state index contributed by atoms with van der Waals surface area (Å²) in [5.74, 6) is -0.709. The number of carbonyl (C=O) groups is 1. The van der Waals surface area contributed by atoms with Crippen molar-refractivity contribution in [3.8, 4) is 0 Å². The fraction of sp³-hybridized carbons (Fsp3) is 0.500. The van der Waals surface area contributed by atoms with Crippen molar-refractivity contribution in [1.82, 2.24) is 4.90 Å².